The Labute approximate surface area is 172 Å². The second kappa shape index (κ2) is 9.43. The van der Waals surface area contributed by atoms with Gasteiger partial charge in [0.2, 0.25) is 0 Å². The number of nitrogens with one attached hydrogen (secondary N) is 1. The van der Waals surface area contributed by atoms with Gasteiger partial charge in [-0.3, -0.25) is 14.4 Å². The average Bonchev–Trinajstić information content (AvgIpc) is 3.10. The Bertz CT molecular complexity index is 1010. The summed E-state index contributed by atoms with van der Waals surface area (Å²) >= 11 is 1.62. The smallest absolute Gasteiger partial charge is 0.306 e. The van der Waals surface area contributed by atoms with Crippen LogP contribution in [0.3, 0.4) is 0 Å². The van der Waals surface area contributed by atoms with Crippen molar-refractivity contribution in [3.05, 3.63) is 59.1 Å². The lowest BCUT2D eigenvalue weighted by Gasteiger charge is -2.13. The Balaban J connectivity index is 1.45. The fourth-order valence-electron chi connectivity index (χ4n) is 2.78. The number of nitrogens with zero attached hydrogens (tertiary/aromatic N) is 1. The van der Waals surface area contributed by atoms with Gasteiger partial charge in [0.15, 0.2) is 11.9 Å². The van der Waals surface area contributed by atoms with Crippen molar-refractivity contribution in [2.75, 3.05) is 5.32 Å². The molecule has 0 aliphatic rings. The highest BCUT2D eigenvalue weighted by atomic mass is 32.1. The second-order valence-corrected chi connectivity index (χ2v) is 7.80. The molecule has 7 heteroatoms. The molecule has 0 radical (unpaired) electrons. The number of benzene rings is 2. The van der Waals surface area contributed by atoms with Crippen molar-refractivity contribution < 1.29 is 19.1 Å². The number of ketones is 1. The van der Waals surface area contributed by atoms with E-state index in [9.17, 15) is 14.4 Å². The largest absolute Gasteiger partial charge is 0.453 e. The van der Waals surface area contributed by atoms with E-state index in [1.165, 1.54) is 13.8 Å². The zero-order chi connectivity index (χ0) is 20.8. The van der Waals surface area contributed by atoms with E-state index in [1.807, 2.05) is 24.3 Å². The number of rotatable bonds is 8. The van der Waals surface area contributed by atoms with Gasteiger partial charge in [0.05, 0.1) is 15.2 Å². The van der Waals surface area contributed by atoms with Crippen LogP contribution in [0.4, 0.5) is 5.69 Å². The van der Waals surface area contributed by atoms with Crippen molar-refractivity contribution in [3.8, 4) is 0 Å². The molecule has 1 amide bonds. The maximum atomic E-state index is 12.2. The van der Waals surface area contributed by atoms with Crippen molar-refractivity contribution in [2.24, 2.45) is 0 Å². The van der Waals surface area contributed by atoms with Gasteiger partial charge in [-0.15, -0.1) is 11.3 Å². The van der Waals surface area contributed by atoms with E-state index >= 15 is 0 Å². The minimum absolute atomic E-state index is 0.0892. The van der Waals surface area contributed by atoms with Gasteiger partial charge in [-0.1, -0.05) is 24.3 Å². The van der Waals surface area contributed by atoms with Crippen LogP contribution in [-0.4, -0.2) is 28.7 Å². The first-order valence-electron chi connectivity index (χ1n) is 9.38. The van der Waals surface area contributed by atoms with Gasteiger partial charge < -0.3 is 10.1 Å². The number of amides is 1. The zero-order valence-corrected chi connectivity index (χ0v) is 17.1. The van der Waals surface area contributed by atoms with Crippen LogP contribution in [0.15, 0.2) is 48.5 Å². The maximum Gasteiger partial charge on any atom is 0.306 e. The lowest BCUT2D eigenvalue weighted by Crippen LogP contribution is -2.30. The van der Waals surface area contributed by atoms with Gasteiger partial charge in [0, 0.05) is 17.7 Å². The van der Waals surface area contributed by atoms with Crippen LogP contribution >= 0.6 is 11.3 Å². The van der Waals surface area contributed by atoms with Crippen LogP contribution in [-0.2, 0) is 20.7 Å². The molecule has 6 nitrogen and oxygen atoms in total. The monoisotopic (exact) mass is 410 g/mol. The van der Waals surface area contributed by atoms with Crippen molar-refractivity contribution in [1.82, 2.24) is 4.98 Å². The summed E-state index contributed by atoms with van der Waals surface area (Å²) in [5.74, 6) is -0.954. The van der Waals surface area contributed by atoms with Crippen molar-refractivity contribution >= 4 is 44.9 Å². The molecule has 0 fully saturated rings. The molecule has 29 heavy (non-hydrogen) atoms. The molecule has 0 saturated heterocycles. The van der Waals surface area contributed by atoms with E-state index < -0.39 is 18.0 Å². The number of para-hydroxylation sites is 1. The fourth-order valence-corrected chi connectivity index (χ4v) is 3.79. The predicted molar refractivity (Wildman–Crippen MR) is 113 cm³/mol. The lowest BCUT2D eigenvalue weighted by atomic mass is 10.1. The van der Waals surface area contributed by atoms with E-state index in [0.29, 0.717) is 24.1 Å². The molecule has 2 aromatic carbocycles. The molecule has 1 N–H and O–H groups in total. The van der Waals surface area contributed by atoms with Crippen LogP contribution in [0.1, 0.15) is 42.1 Å². The molecule has 1 atom stereocenters. The SMILES string of the molecule is CC(=O)c1cccc(NC(=O)[C@H](C)OC(=O)CCCc2nc3ccccc3s2)c1. The Morgan fingerprint density at radius 2 is 1.93 bits per heavy atom. The normalized spacial score (nSPS) is 11.8. The molecule has 1 aromatic heterocycles. The highest BCUT2D eigenvalue weighted by Gasteiger charge is 2.18. The average molecular weight is 410 g/mol. The van der Waals surface area contributed by atoms with Crippen LogP contribution in [0.25, 0.3) is 10.2 Å². The summed E-state index contributed by atoms with van der Waals surface area (Å²) in [7, 11) is 0. The molecule has 150 valence electrons. The minimum Gasteiger partial charge on any atom is -0.453 e. The Morgan fingerprint density at radius 3 is 2.69 bits per heavy atom. The second-order valence-electron chi connectivity index (χ2n) is 6.69. The number of fused-ring (bicyclic) bond motifs is 1. The van der Waals surface area contributed by atoms with Gasteiger partial charge >= 0.3 is 5.97 Å². The van der Waals surface area contributed by atoms with E-state index in [0.717, 1.165) is 15.2 Å². The van der Waals surface area contributed by atoms with Gasteiger partial charge in [-0.2, -0.15) is 0 Å². The topological polar surface area (TPSA) is 85.4 Å². The first-order chi connectivity index (χ1) is 13.9. The van der Waals surface area contributed by atoms with Crippen LogP contribution in [0.5, 0.6) is 0 Å². The molecule has 0 aliphatic heterocycles. The molecule has 0 aliphatic carbocycles. The number of hydrogen-bond acceptors (Lipinski definition) is 6. The summed E-state index contributed by atoms with van der Waals surface area (Å²) in [6.07, 6.45) is 0.583. The molecule has 3 aromatic rings. The molecule has 1 heterocycles. The Kier molecular flexibility index (Phi) is 6.72. The zero-order valence-electron chi connectivity index (χ0n) is 16.3. The van der Waals surface area contributed by atoms with E-state index in [4.69, 9.17) is 4.74 Å². The number of hydrogen-bond donors (Lipinski definition) is 1. The predicted octanol–water partition coefficient (Wildman–Crippen LogP) is 4.39. The Hall–Kier alpha value is -3.06. The molecule has 0 bridgehead atoms. The molecular formula is C22H22N2O4S. The summed E-state index contributed by atoms with van der Waals surface area (Å²) < 4.78 is 6.35. The van der Waals surface area contributed by atoms with Gasteiger partial charge in [0.25, 0.3) is 5.91 Å². The summed E-state index contributed by atoms with van der Waals surface area (Å²) in [5.41, 5.74) is 1.96. The van der Waals surface area contributed by atoms with Crippen molar-refractivity contribution in [1.29, 1.82) is 0 Å². The maximum absolute atomic E-state index is 12.2. The minimum atomic E-state index is -0.925. The fraction of sp³-hybridized carbons (Fsp3) is 0.273. The number of carbonyl (C=O) groups is 3. The third-order valence-electron chi connectivity index (χ3n) is 4.32. The van der Waals surface area contributed by atoms with Crippen molar-refractivity contribution in [3.63, 3.8) is 0 Å². The first kappa shape index (κ1) is 20.7. The summed E-state index contributed by atoms with van der Waals surface area (Å²) in [6, 6.07) is 14.5. The number of anilines is 1. The number of aryl methyl sites for hydroxylation is 1. The summed E-state index contributed by atoms with van der Waals surface area (Å²) in [4.78, 5) is 40.3. The molecule has 0 spiro atoms. The molecule has 0 unspecified atom stereocenters. The Morgan fingerprint density at radius 1 is 1.14 bits per heavy atom. The van der Waals surface area contributed by atoms with Gasteiger partial charge in [0.1, 0.15) is 0 Å². The number of thiazole rings is 1. The number of aromatic nitrogens is 1. The van der Waals surface area contributed by atoms with Gasteiger partial charge in [-0.05, 0) is 51.0 Å². The van der Waals surface area contributed by atoms with Gasteiger partial charge in [-0.25, -0.2) is 4.98 Å². The number of ether oxygens (including phenoxy) is 1. The van der Waals surface area contributed by atoms with Crippen molar-refractivity contribution in [2.45, 2.75) is 39.2 Å². The number of esters is 1. The van der Waals surface area contributed by atoms with E-state index in [2.05, 4.69) is 10.3 Å². The third-order valence-corrected chi connectivity index (χ3v) is 5.42. The highest BCUT2D eigenvalue weighted by Crippen LogP contribution is 2.22. The molecule has 3 rings (SSSR count). The first-order valence-corrected chi connectivity index (χ1v) is 10.2. The van der Waals surface area contributed by atoms with Crippen LogP contribution < -0.4 is 5.32 Å². The highest BCUT2D eigenvalue weighted by molar-refractivity contribution is 7.18. The summed E-state index contributed by atoms with van der Waals surface area (Å²) in [5, 5.41) is 3.64. The van der Waals surface area contributed by atoms with E-state index in [-0.39, 0.29) is 12.2 Å². The molecular weight excluding hydrogens is 388 g/mol. The lowest BCUT2D eigenvalue weighted by molar-refractivity contribution is -0.153. The third kappa shape index (κ3) is 5.71. The standard InChI is InChI=1S/C22H22N2O4S/c1-14(25)16-7-5-8-17(13-16)23-22(27)15(2)28-21(26)12-6-11-20-24-18-9-3-4-10-19(18)29-20/h3-5,7-10,13,15H,6,11-12H2,1-2H3,(H,23,27)/t15-/m0/s1. The molecule has 0 saturated carbocycles. The summed E-state index contributed by atoms with van der Waals surface area (Å²) in [6.45, 7) is 2.98. The van der Waals surface area contributed by atoms with Crippen LogP contribution in [0.2, 0.25) is 0 Å². The quantitative estimate of drug-likeness (QED) is 0.440. The van der Waals surface area contributed by atoms with Crippen LogP contribution in [0, 0.1) is 0 Å². The van der Waals surface area contributed by atoms with E-state index in [1.54, 1.807) is 35.6 Å². The number of carbonyl (C=O) groups excluding carboxylic acids is 3. The number of Topliss-reactive ketones (excluding diaryl/α,β-unsaturated/α-hetero) is 1.